The highest BCUT2D eigenvalue weighted by Gasteiger charge is 2.30. The lowest BCUT2D eigenvalue weighted by Crippen LogP contribution is -2.31. The van der Waals surface area contributed by atoms with Gasteiger partial charge in [0.1, 0.15) is 5.69 Å². The average molecular weight is 348 g/mol. The van der Waals surface area contributed by atoms with Crippen LogP contribution in [0.5, 0.6) is 0 Å². The first-order valence-corrected chi connectivity index (χ1v) is 8.38. The molecule has 25 heavy (non-hydrogen) atoms. The lowest BCUT2D eigenvalue weighted by atomic mass is 9.96. The van der Waals surface area contributed by atoms with E-state index in [9.17, 15) is 18.0 Å². The number of anilines is 1. The summed E-state index contributed by atoms with van der Waals surface area (Å²) in [5, 5.41) is 0. The molecule has 1 amide bonds. The van der Waals surface area contributed by atoms with Crippen molar-refractivity contribution in [3.63, 3.8) is 0 Å². The molecule has 132 valence electrons. The van der Waals surface area contributed by atoms with Crippen LogP contribution in [-0.4, -0.2) is 17.4 Å². The highest BCUT2D eigenvalue weighted by molar-refractivity contribution is 6.04. The lowest BCUT2D eigenvalue weighted by molar-refractivity contribution is -0.137. The monoisotopic (exact) mass is 348 g/mol. The highest BCUT2D eigenvalue weighted by atomic mass is 19.4. The van der Waals surface area contributed by atoms with Gasteiger partial charge in [-0.3, -0.25) is 4.79 Å². The number of amides is 1. The molecule has 1 aromatic carbocycles. The van der Waals surface area contributed by atoms with Crippen molar-refractivity contribution in [2.75, 3.05) is 11.4 Å². The smallest absolute Gasteiger partial charge is 0.307 e. The van der Waals surface area contributed by atoms with Crippen molar-refractivity contribution in [3.05, 3.63) is 58.9 Å². The van der Waals surface area contributed by atoms with Gasteiger partial charge >= 0.3 is 6.18 Å². The second kappa shape index (κ2) is 6.86. The van der Waals surface area contributed by atoms with Crippen LogP contribution in [-0.2, 0) is 19.0 Å². The molecule has 0 saturated carbocycles. The van der Waals surface area contributed by atoms with Gasteiger partial charge in [-0.05, 0) is 68.5 Å². The number of fused-ring (bicyclic) bond motifs is 1. The van der Waals surface area contributed by atoms with Gasteiger partial charge in [-0.25, -0.2) is 4.98 Å². The molecule has 3 nitrogen and oxygen atoms in total. The Hall–Kier alpha value is -2.37. The van der Waals surface area contributed by atoms with Gasteiger partial charge in [-0.1, -0.05) is 6.07 Å². The van der Waals surface area contributed by atoms with Crippen LogP contribution in [0.15, 0.2) is 36.4 Å². The molecule has 0 aliphatic heterocycles. The summed E-state index contributed by atoms with van der Waals surface area (Å²) in [6, 6.07) is 8.27. The first-order valence-electron chi connectivity index (χ1n) is 8.38. The van der Waals surface area contributed by atoms with E-state index in [-0.39, 0.29) is 5.91 Å². The van der Waals surface area contributed by atoms with E-state index in [2.05, 4.69) is 4.98 Å². The fourth-order valence-corrected chi connectivity index (χ4v) is 3.11. The third-order valence-electron chi connectivity index (χ3n) is 4.46. The molecular weight excluding hydrogens is 329 g/mol. The zero-order valence-corrected chi connectivity index (χ0v) is 13.9. The summed E-state index contributed by atoms with van der Waals surface area (Å²) < 4.78 is 38.1. The van der Waals surface area contributed by atoms with Gasteiger partial charge < -0.3 is 4.90 Å². The molecule has 0 N–H and O–H groups in total. The van der Waals surface area contributed by atoms with Crippen molar-refractivity contribution in [2.45, 2.75) is 38.8 Å². The van der Waals surface area contributed by atoms with Gasteiger partial charge in [0.2, 0.25) is 0 Å². The molecule has 1 heterocycles. The second-order valence-corrected chi connectivity index (χ2v) is 6.10. The Morgan fingerprint density at radius 2 is 1.76 bits per heavy atom. The van der Waals surface area contributed by atoms with Crippen molar-refractivity contribution >= 4 is 11.6 Å². The maximum Gasteiger partial charge on any atom is 0.416 e. The molecule has 0 unspecified atom stereocenters. The first-order chi connectivity index (χ1) is 11.9. The molecule has 6 heteroatoms. The number of alkyl halides is 3. The Kier molecular flexibility index (Phi) is 4.79. The summed E-state index contributed by atoms with van der Waals surface area (Å²) in [6.07, 6.45) is -0.349. The predicted octanol–water partition coefficient (Wildman–Crippen LogP) is 4.65. The number of rotatable bonds is 3. The van der Waals surface area contributed by atoms with Gasteiger partial charge in [0.15, 0.2) is 0 Å². The van der Waals surface area contributed by atoms with E-state index in [1.165, 1.54) is 22.6 Å². The van der Waals surface area contributed by atoms with Crippen molar-refractivity contribution in [1.29, 1.82) is 0 Å². The normalized spacial score (nSPS) is 14.1. The summed E-state index contributed by atoms with van der Waals surface area (Å²) in [5.41, 5.74) is 2.18. The van der Waals surface area contributed by atoms with E-state index in [4.69, 9.17) is 0 Å². The molecule has 1 aliphatic carbocycles. The number of carbonyl (C=O) groups is 1. The lowest BCUT2D eigenvalue weighted by Gasteiger charge is -2.22. The maximum absolute atomic E-state index is 12.8. The number of aryl methyl sites for hydroxylation is 2. The summed E-state index contributed by atoms with van der Waals surface area (Å²) in [6.45, 7) is 2.14. The highest BCUT2D eigenvalue weighted by Crippen LogP contribution is 2.31. The molecule has 0 radical (unpaired) electrons. The van der Waals surface area contributed by atoms with Gasteiger partial charge in [0.25, 0.3) is 5.91 Å². The Morgan fingerprint density at radius 3 is 2.40 bits per heavy atom. The predicted molar refractivity (Wildman–Crippen MR) is 89.7 cm³/mol. The first kappa shape index (κ1) is 17.5. The van der Waals surface area contributed by atoms with Crippen LogP contribution in [0, 0.1) is 0 Å². The number of carbonyl (C=O) groups excluding carboxylic acids is 1. The largest absolute Gasteiger partial charge is 0.416 e. The Balaban J connectivity index is 1.86. The van der Waals surface area contributed by atoms with Gasteiger partial charge in [-0.15, -0.1) is 0 Å². The third kappa shape index (κ3) is 3.67. The number of hydrogen-bond acceptors (Lipinski definition) is 2. The van der Waals surface area contributed by atoms with Crippen LogP contribution in [0.25, 0.3) is 0 Å². The molecule has 2 aromatic rings. The number of pyridine rings is 1. The quantitative estimate of drug-likeness (QED) is 0.809. The molecule has 1 aliphatic rings. The van der Waals surface area contributed by atoms with Crippen molar-refractivity contribution < 1.29 is 18.0 Å². The van der Waals surface area contributed by atoms with Crippen LogP contribution in [0.2, 0.25) is 0 Å². The van der Waals surface area contributed by atoms with Crippen LogP contribution >= 0.6 is 0 Å². The Bertz CT molecular complexity index is 769. The number of hydrogen-bond donors (Lipinski definition) is 0. The average Bonchev–Trinajstić information content (AvgIpc) is 2.61. The van der Waals surface area contributed by atoms with Crippen molar-refractivity contribution in [2.24, 2.45) is 0 Å². The topological polar surface area (TPSA) is 33.2 Å². The minimum Gasteiger partial charge on any atom is -0.307 e. The summed E-state index contributed by atoms with van der Waals surface area (Å²) >= 11 is 0. The van der Waals surface area contributed by atoms with Crippen molar-refractivity contribution in [3.8, 4) is 0 Å². The van der Waals surface area contributed by atoms with E-state index in [0.29, 0.717) is 17.9 Å². The van der Waals surface area contributed by atoms with Crippen LogP contribution < -0.4 is 4.90 Å². The van der Waals surface area contributed by atoms with E-state index >= 15 is 0 Å². The molecule has 0 spiro atoms. The van der Waals surface area contributed by atoms with Gasteiger partial charge in [-0.2, -0.15) is 13.2 Å². The van der Waals surface area contributed by atoms with Crippen molar-refractivity contribution in [1.82, 2.24) is 4.98 Å². The fourth-order valence-electron chi connectivity index (χ4n) is 3.11. The SMILES string of the molecule is CCN(C(=O)c1ccc2c(n1)CCCC2)c1ccc(C(F)(F)F)cc1. The fraction of sp³-hybridized carbons (Fsp3) is 0.368. The zero-order valence-electron chi connectivity index (χ0n) is 13.9. The maximum atomic E-state index is 12.8. The molecule has 0 saturated heterocycles. The second-order valence-electron chi connectivity index (χ2n) is 6.10. The summed E-state index contributed by atoms with van der Waals surface area (Å²) in [4.78, 5) is 18.7. The third-order valence-corrected chi connectivity index (χ3v) is 4.46. The van der Waals surface area contributed by atoms with Gasteiger partial charge in [0, 0.05) is 17.9 Å². The van der Waals surface area contributed by atoms with Gasteiger partial charge in [0.05, 0.1) is 5.56 Å². The number of benzene rings is 1. The van der Waals surface area contributed by atoms with Crippen LogP contribution in [0.3, 0.4) is 0 Å². The molecule has 1 aromatic heterocycles. The van der Waals surface area contributed by atoms with E-state index in [0.717, 1.165) is 43.5 Å². The minimum atomic E-state index is -4.39. The Labute approximate surface area is 144 Å². The van der Waals surface area contributed by atoms with E-state index in [1.54, 1.807) is 13.0 Å². The molecule has 0 bridgehead atoms. The van der Waals surface area contributed by atoms with E-state index in [1.807, 2.05) is 6.07 Å². The van der Waals surface area contributed by atoms with E-state index < -0.39 is 11.7 Å². The number of nitrogens with zero attached hydrogens (tertiary/aromatic N) is 2. The molecule has 3 rings (SSSR count). The number of halogens is 3. The Morgan fingerprint density at radius 1 is 1.08 bits per heavy atom. The van der Waals surface area contributed by atoms with Crippen LogP contribution in [0.1, 0.15) is 47.1 Å². The molecule has 0 atom stereocenters. The zero-order chi connectivity index (χ0) is 18.0. The van der Waals surface area contributed by atoms with Crippen LogP contribution in [0.4, 0.5) is 18.9 Å². The molecule has 0 fully saturated rings. The number of aromatic nitrogens is 1. The minimum absolute atomic E-state index is 0.296. The summed E-state index contributed by atoms with van der Waals surface area (Å²) in [7, 11) is 0. The molecular formula is C19H19F3N2O. The summed E-state index contributed by atoms with van der Waals surface area (Å²) in [5.74, 6) is -0.296. The standard InChI is InChI=1S/C19H19F3N2O/c1-2-24(15-10-8-14(9-11-15)19(20,21)22)18(25)17-12-7-13-5-3-4-6-16(13)23-17/h7-12H,2-6H2,1H3.